The molecule has 0 aliphatic heterocycles. The predicted molar refractivity (Wildman–Crippen MR) is 91.3 cm³/mol. The van der Waals surface area contributed by atoms with Crippen molar-refractivity contribution in [3.05, 3.63) is 71.8 Å². The summed E-state index contributed by atoms with van der Waals surface area (Å²) in [6.07, 6.45) is -0.183. The SMILES string of the molecule is O=C(O)Cc1ccc(O)c(NC(=O)c2cccc3ccccc23)c1. The van der Waals surface area contributed by atoms with Gasteiger partial charge < -0.3 is 15.5 Å². The topological polar surface area (TPSA) is 86.6 Å². The van der Waals surface area contributed by atoms with Crippen LogP contribution in [0.4, 0.5) is 5.69 Å². The smallest absolute Gasteiger partial charge is 0.307 e. The zero-order valence-corrected chi connectivity index (χ0v) is 12.7. The summed E-state index contributed by atoms with van der Waals surface area (Å²) in [5.74, 6) is -1.46. The van der Waals surface area contributed by atoms with E-state index in [1.165, 1.54) is 18.2 Å². The number of nitrogens with one attached hydrogen (secondary N) is 1. The van der Waals surface area contributed by atoms with E-state index in [4.69, 9.17) is 5.11 Å². The molecule has 3 N–H and O–H groups in total. The maximum atomic E-state index is 12.6. The summed E-state index contributed by atoms with van der Waals surface area (Å²) in [6.45, 7) is 0. The number of aliphatic carboxylic acids is 1. The molecule has 0 spiro atoms. The van der Waals surface area contributed by atoms with E-state index in [2.05, 4.69) is 5.32 Å². The minimum atomic E-state index is -0.980. The zero-order chi connectivity index (χ0) is 17.1. The van der Waals surface area contributed by atoms with Crippen LogP contribution in [0.5, 0.6) is 5.75 Å². The number of aromatic hydroxyl groups is 1. The molecule has 0 aliphatic carbocycles. The fourth-order valence-corrected chi connectivity index (χ4v) is 2.58. The number of hydrogen-bond donors (Lipinski definition) is 3. The third-order valence-electron chi connectivity index (χ3n) is 3.70. The quantitative estimate of drug-likeness (QED) is 0.643. The largest absolute Gasteiger partial charge is 0.506 e. The van der Waals surface area contributed by atoms with Crippen molar-refractivity contribution >= 4 is 28.3 Å². The van der Waals surface area contributed by atoms with E-state index in [-0.39, 0.29) is 23.8 Å². The van der Waals surface area contributed by atoms with Gasteiger partial charge in [-0.05, 0) is 34.5 Å². The summed E-state index contributed by atoms with van der Waals surface area (Å²) in [4.78, 5) is 23.4. The lowest BCUT2D eigenvalue weighted by Crippen LogP contribution is -2.13. The van der Waals surface area contributed by atoms with Gasteiger partial charge in [0.1, 0.15) is 5.75 Å². The second kappa shape index (κ2) is 6.42. The van der Waals surface area contributed by atoms with Crippen molar-refractivity contribution in [1.29, 1.82) is 0 Å². The average molecular weight is 321 g/mol. The first-order valence-electron chi connectivity index (χ1n) is 7.37. The third-order valence-corrected chi connectivity index (χ3v) is 3.70. The van der Waals surface area contributed by atoms with Crippen molar-refractivity contribution in [3.63, 3.8) is 0 Å². The first-order valence-corrected chi connectivity index (χ1v) is 7.37. The molecule has 0 unspecified atom stereocenters. The lowest BCUT2D eigenvalue weighted by atomic mass is 10.0. The lowest BCUT2D eigenvalue weighted by Gasteiger charge is -2.10. The molecule has 1 amide bonds. The number of carboxylic acid groups (broad SMARTS) is 1. The Morgan fingerprint density at radius 3 is 2.50 bits per heavy atom. The van der Waals surface area contributed by atoms with E-state index in [1.807, 2.05) is 30.3 Å². The standard InChI is InChI=1S/C19H15NO4/c21-17-9-8-12(11-18(22)23)10-16(17)20-19(24)15-7-3-5-13-4-1-2-6-14(13)15/h1-10,21H,11H2,(H,20,24)(H,22,23). The van der Waals surface area contributed by atoms with Crippen LogP contribution in [-0.2, 0) is 11.2 Å². The van der Waals surface area contributed by atoms with Gasteiger partial charge in [0.05, 0.1) is 12.1 Å². The molecular weight excluding hydrogens is 306 g/mol. The molecule has 0 heterocycles. The number of carbonyl (C=O) groups is 2. The molecule has 120 valence electrons. The number of rotatable bonds is 4. The number of anilines is 1. The molecule has 5 nitrogen and oxygen atoms in total. The van der Waals surface area contributed by atoms with E-state index < -0.39 is 5.97 Å². The van der Waals surface area contributed by atoms with E-state index in [1.54, 1.807) is 12.1 Å². The van der Waals surface area contributed by atoms with Crippen LogP contribution < -0.4 is 5.32 Å². The van der Waals surface area contributed by atoms with Gasteiger partial charge in [-0.25, -0.2) is 0 Å². The van der Waals surface area contributed by atoms with Gasteiger partial charge in [-0.1, -0.05) is 42.5 Å². The molecule has 0 fully saturated rings. The number of carboxylic acids is 1. The summed E-state index contributed by atoms with van der Waals surface area (Å²) in [7, 11) is 0. The van der Waals surface area contributed by atoms with Crippen LogP contribution in [-0.4, -0.2) is 22.1 Å². The Bertz CT molecular complexity index is 928. The molecule has 0 atom stereocenters. The van der Waals surface area contributed by atoms with Crippen LogP contribution in [0, 0.1) is 0 Å². The summed E-state index contributed by atoms with van der Waals surface area (Å²) in [6, 6.07) is 17.3. The second-order valence-electron chi connectivity index (χ2n) is 5.40. The molecule has 24 heavy (non-hydrogen) atoms. The normalized spacial score (nSPS) is 10.5. The number of hydrogen-bond acceptors (Lipinski definition) is 3. The minimum absolute atomic E-state index is 0.113. The van der Waals surface area contributed by atoms with E-state index in [0.29, 0.717) is 11.1 Å². The van der Waals surface area contributed by atoms with E-state index in [9.17, 15) is 14.7 Å². The van der Waals surface area contributed by atoms with Crippen molar-refractivity contribution in [2.75, 3.05) is 5.32 Å². The van der Waals surface area contributed by atoms with Gasteiger partial charge >= 0.3 is 5.97 Å². The van der Waals surface area contributed by atoms with Crippen molar-refractivity contribution < 1.29 is 19.8 Å². The van der Waals surface area contributed by atoms with Crippen LogP contribution in [0.2, 0.25) is 0 Å². The van der Waals surface area contributed by atoms with Crippen molar-refractivity contribution in [3.8, 4) is 5.75 Å². The third kappa shape index (κ3) is 3.20. The Balaban J connectivity index is 1.93. The maximum absolute atomic E-state index is 12.6. The van der Waals surface area contributed by atoms with Gasteiger partial charge in [-0.2, -0.15) is 0 Å². The van der Waals surface area contributed by atoms with E-state index >= 15 is 0 Å². The number of carbonyl (C=O) groups excluding carboxylic acids is 1. The number of phenols is 1. The highest BCUT2D eigenvalue weighted by Crippen LogP contribution is 2.26. The van der Waals surface area contributed by atoms with Crippen LogP contribution in [0.15, 0.2) is 60.7 Å². The van der Waals surface area contributed by atoms with Crippen LogP contribution in [0.3, 0.4) is 0 Å². The molecule has 5 heteroatoms. The van der Waals surface area contributed by atoms with Gasteiger partial charge in [-0.3, -0.25) is 9.59 Å². The molecule has 3 aromatic carbocycles. The molecule has 0 saturated heterocycles. The molecule has 3 aromatic rings. The van der Waals surface area contributed by atoms with Crippen LogP contribution >= 0.6 is 0 Å². The first kappa shape index (κ1) is 15.6. The maximum Gasteiger partial charge on any atom is 0.307 e. The summed E-state index contributed by atoms with van der Waals surface area (Å²) in [5, 5.41) is 23.2. The highest BCUT2D eigenvalue weighted by atomic mass is 16.4. The predicted octanol–water partition coefficient (Wildman–Crippen LogP) is 3.42. The Morgan fingerprint density at radius 1 is 0.958 bits per heavy atom. The number of phenolic OH excluding ortho intramolecular Hbond substituents is 1. The molecule has 0 aromatic heterocycles. The summed E-state index contributed by atoms with van der Waals surface area (Å²) in [5.41, 5.74) is 1.16. The number of amides is 1. The Kier molecular flexibility index (Phi) is 4.16. The van der Waals surface area contributed by atoms with Crippen LogP contribution in [0.1, 0.15) is 15.9 Å². The van der Waals surface area contributed by atoms with Crippen LogP contribution in [0.25, 0.3) is 10.8 Å². The number of fused-ring (bicyclic) bond motifs is 1. The fourth-order valence-electron chi connectivity index (χ4n) is 2.58. The monoisotopic (exact) mass is 321 g/mol. The van der Waals surface area contributed by atoms with Gasteiger partial charge in [0, 0.05) is 5.56 Å². The van der Waals surface area contributed by atoms with Crippen molar-refractivity contribution in [2.24, 2.45) is 0 Å². The summed E-state index contributed by atoms with van der Waals surface area (Å²) >= 11 is 0. The van der Waals surface area contributed by atoms with Gasteiger partial charge in [-0.15, -0.1) is 0 Å². The van der Waals surface area contributed by atoms with Crippen molar-refractivity contribution in [2.45, 2.75) is 6.42 Å². The second-order valence-corrected chi connectivity index (χ2v) is 5.40. The molecule has 0 bridgehead atoms. The molecular formula is C19H15NO4. The average Bonchev–Trinajstić information content (AvgIpc) is 2.57. The highest BCUT2D eigenvalue weighted by Gasteiger charge is 2.13. The number of benzene rings is 3. The van der Waals surface area contributed by atoms with E-state index in [0.717, 1.165) is 10.8 Å². The Morgan fingerprint density at radius 2 is 1.71 bits per heavy atom. The Hall–Kier alpha value is -3.34. The minimum Gasteiger partial charge on any atom is -0.506 e. The van der Waals surface area contributed by atoms with Gasteiger partial charge in [0.25, 0.3) is 5.91 Å². The zero-order valence-electron chi connectivity index (χ0n) is 12.7. The lowest BCUT2D eigenvalue weighted by molar-refractivity contribution is -0.136. The molecule has 0 aliphatic rings. The first-order chi connectivity index (χ1) is 11.5. The van der Waals surface area contributed by atoms with Crippen molar-refractivity contribution in [1.82, 2.24) is 0 Å². The van der Waals surface area contributed by atoms with Gasteiger partial charge in [0.15, 0.2) is 0 Å². The highest BCUT2D eigenvalue weighted by molar-refractivity contribution is 6.13. The fraction of sp³-hybridized carbons (Fsp3) is 0.0526. The Labute approximate surface area is 138 Å². The van der Waals surface area contributed by atoms with Gasteiger partial charge in [0.2, 0.25) is 0 Å². The molecule has 0 saturated carbocycles. The molecule has 3 rings (SSSR count). The molecule has 0 radical (unpaired) electrons. The summed E-state index contributed by atoms with van der Waals surface area (Å²) < 4.78 is 0.